The van der Waals surface area contributed by atoms with Gasteiger partial charge in [0.25, 0.3) is 0 Å². The first-order valence-electron chi connectivity index (χ1n) is 5.93. The van der Waals surface area contributed by atoms with Crippen LogP contribution in [0.15, 0.2) is 35.5 Å². The summed E-state index contributed by atoms with van der Waals surface area (Å²) in [5.41, 5.74) is 6.35. The van der Waals surface area contributed by atoms with Crippen LogP contribution in [0, 0.1) is 5.92 Å². The Balaban J connectivity index is 2.45. The van der Waals surface area contributed by atoms with Crippen molar-refractivity contribution in [3.63, 3.8) is 0 Å². The number of oxime groups is 1. The fourth-order valence-corrected chi connectivity index (χ4v) is 2.58. The van der Waals surface area contributed by atoms with Crippen molar-refractivity contribution < 1.29 is 13.6 Å². The predicted molar refractivity (Wildman–Crippen MR) is 74.5 cm³/mol. The molecule has 7 heteroatoms. The lowest BCUT2D eigenvalue weighted by Gasteiger charge is -2.11. The van der Waals surface area contributed by atoms with Crippen LogP contribution in [0.4, 0.5) is 0 Å². The summed E-state index contributed by atoms with van der Waals surface area (Å²) in [5, 5.41) is 11.3. The molecule has 1 atom stereocenters. The van der Waals surface area contributed by atoms with E-state index in [1.807, 2.05) is 30.3 Å². The van der Waals surface area contributed by atoms with Crippen LogP contribution >= 0.6 is 0 Å². The third kappa shape index (κ3) is 5.71. The number of aryl methyl sites for hydroxylation is 1. The largest absolute Gasteiger partial charge is 0.409 e. The Kier molecular flexibility index (Phi) is 5.78. The molecule has 0 aromatic heterocycles. The van der Waals surface area contributed by atoms with Crippen LogP contribution in [-0.2, 0) is 16.4 Å². The van der Waals surface area contributed by atoms with Gasteiger partial charge in [-0.05, 0) is 12.0 Å². The molecule has 0 saturated carbocycles. The summed E-state index contributed by atoms with van der Waals surface area (Å²) in [6.45, 7) is 1.79. The van der Waals surface area contributed by atoms with E-state index in [0.717, 1.165) is 5.56 Å². The van der Waals surface area contributed by atoms with Gasteiger partial charge in [-0.3, -0.25) is 0 Å². The summed E-state index contributed by atoms with van der Waals surface area (Å²) >= 11 is 0. The lowest BCUT2D eigenvalue weighted by Crippen LogP contribution is -2.36. The summed E-state index contributed by atoms with van der Waals surface area (Å²) in [5.74, 6) is -0.331. The number of nitrogens with two attached hydrogens (primary N) is 1. The van der Waals surface area contributed by atoms with E-state index in [1.165, 1.54) is 0 Å². The third-order valence-corrected chi connectivity index (χ3v) is 4.08. The molecule has 0 bridgehead atoms. The molecule has 106 valence electrons. The van der Waals surface area contributed by atoms with Gasteiger partial charge < -0.3 is 10.9 Å². The molecule has 0 aliphatic carbocycles. The summed E-state index contributed by atoms with van der Waals surface area (Å²) in [4.78, 5) is 0. The summed E-state index contributed by atoms with van der Waals surface area (Å²) in [6.07, 6.45) is 0.453. The van der Waals surface area contributed by atoms with E-state index in [1.54, 1.807) is 6.92 Å². The zero-order valence-electron chi connectivity index (χ0n) is 10.8. The minimum absolute atomic E-state index is 0.00533. The Morgan fingerprint density at radius 1 is 1.42 bits per heavy atom. The average molecular weight is 285 g/mol. The maximum Gasteiger partial charge on any atom is 0.211 e. The number of benzene rings is 1. The van der Waals surface area contributed by atoms with Crippen LogP contribution in [0.1, 0.15) is 12.5 Å². The summed E-state index contributed by atoms with van der Waals surface area (Å²) in [6, 6.07) is 9.39. The first-order chi connectivity index (χ1) is 8.94. The molecular weight excluding hydrogens is 266 g/mol. The van der Waals surface area contributed by atoms with E-state index in [9.17, 15) is 8.42 Å². The van der Waals surface area contributed by atoms with Gasteiger partial charge in [0.05, 0.1) is 5.75 Å². The minimum atomic E-state index is -3.36. The molecule has 1 rings (SSSR count). The highest BCUT2D eigenvalue weighted by atomic mass is 32.2. The number of nitrogens with zero attached hydrogens (tertiary/aromatic N) is 1. The molecule has 4 N–H and O–H groups in total. The number of amidine groups is 1. The van der Waals surface area contributed by atoms with Crippen molar-refractivity contribution >= 4 is 15.9 Å². The smallest absolute Gasteiger partial charge is 0.211 e. The van der Waals surface area contributed by atoms with Crippen LogP contribution in [0.25, 0.3) is 0 Å². The number of hydrogen-bond donors (Lipinski definition) is 3. The van der Waals surface area contributed by atoms with E-state index < -0.39 is 10.0 Å². The maximum atomic E-state index is 11.8. The fraction of sp³-hybridized carbons (Fsp3) is 0.417. The van der Waals surface area contributed by atoms with Gasteiger partial charge in [0.15, 0.2) is 0 Å². The number of sulfonamides is 1. The molecule has 0 heterocycles. The van der Waals surface area contributed by atoms with Gasteiger partial charge in [-0.2, -0.15) is 0 Å². The summed E-state index contributed by atoms with van der Waals surface area (Å²) < 4.78 is 26.0. The minimum Gasteiger partial charge on any atom is -0.409 e. The van der Waals surface area contributed by atoms with Gasteiger partial charge in [-0.1, -0.05) is 42.4 Å². The van der Waals surface area contributed by atoms with Crippen molar-refractivity contribution in [2.45, 2.75) is 13.3 Å². The van der Waals surface area contributed by atoms with E-state index in [0.29, 0.717) is 6.42 Å². The van der Waals surface area contributed by atoms with Gasteiger partial charge in [0, 0.05) is 12.5 Å². The predicted octanol–water partition coefficient (Wildman–Crippen LogP) is 0.531. The normalized spacial score (nSPS) is 14.3. The van der Waals surface area contributed by atoms with Crippen molar-refractivity contribution in [1.29, 1.82) is 0 Å². The van der Waals surface area contributed by atoms with Crippen LogP contribution in [0.3, 0.4) is 0 Å². The standard InChI is InChI=1S/C12H19N3O3S/c1-10(12(13)15-16)9-14-19(17,18)8-7-11-5-3-2-4-6-11/h2-6,10,14,16H,7-9H2,1H3,(H2,13,15). The van der Waals surface area contributed by atoms with Gasteiger partial charge in [-0.15, -0.1) is 0 Å². The van der Waals surface area contributed by atoms with Crippen molar-refractivity contribution in [2.24, 2.45) is 16.8 Å². The average Bonchev–Trinajstić information content (AvgIpc) is 2.43. The maximum absolute atomic E-state index is 11.8. The molecular formula is C12H19N3O3S. The van der Waals surface area contributed by atoms with Crippen molar-refractivity contribution in [1.82, 2.24) is 4.72 Å². The highest BCUT2D eigenvalue weighted by Crippen LogP contribution is 2.02. The quantitative estimate of drug-likeness (QED) is 0.294. The SMILES string of the molecule is CC(CNS(=O)(=O)CCc1ccccc1)/C(N)=N/O. The van der Waals surface area contributed by atoms with Crippen LogP contribution in [0.2, 0.25) is 0 Å². The monoisotopic (exact) mass is 285 g/mol. The second-order valence-corrected chi connectivity index (χ2v) is 6.26. The van der Waals surface area contributed by atoms with Crippen molar-refractivity contribution in [3.8, 4) is 0 Å². The highest BCUT2D eigenvalue weighted by molar-refractivity contribution is 7.89. The molecule has 0 aliphatic rings. The second-order valence-electron chi connectivity index (χ2n) is 4.33. The highest BCUT2D eigenvalue weighted by Gasteiger charge is 2.14. The number of hydrogen-bond acceptors (Lipinski definition) is 4. The topological polar surface area (TPSA) is 105 Å². The fourth-order valence-electron chi connectivity index (χ4n) is 1.42. The first-order valence-corrected chi connectivity index (χ1v) is 7.58. The molecule has 0 spiro atoms. The molecule has 0 amide bonds. The van der Waals surface area contributed by atoms with Crippen molar-refractivity contribution in [2.75, 3.05) is 12.3 Å². The molecule has 1 unspecified atom stereocenters. The van der Waals surface area contributed by atoms with E-state index >= 15 is 0 Å². The molecule has 0 radical (unpaired) electrons. The second kappa shape index (κ2) is 7.10. The Morgan fingerprint density at radius 3 is 2.63 bits per heavy atom. The van der Waals surface area contributed by atoms with Crippen molar-refractivity contribution in [3.05, 3.63) is 35.9 Å². The first kappa shape index (κ1) is 15.5. The lowest BCUT2D eigenvalue weighted by atomic mass is 10.2. The molecule has 6 nitrogen and oxygen atoms in total. The van der Waals surface area contributed by atoms with Gasteiger partial charge in [-0.25, -0.2) is 13.1 Å². The van der Waals surface area contributed by atoms with Gasteiger partial charge in [0.1, 0.15) is 5.84 Å². The van der Waals surface area contributed by atoms with Gasteiger partial charge in [0.2, 0.25) is 10.0 Å². The van der Waals surface area contributed by atoms with Crippen LogP contribution in [-0.4, -0.2) is 31.8 Å². The Bertz CT molecular complexity index is 514. The molecule has 19 heavy (non-hydrogen) atoms. The molecule has 0 fully saturated rings. The van der Waals surface area contributed by atoms with Gasteiger partial charge >= 0.3 is 0 Å². The summed E-state index contributed by atoms with van der Waals surface area (Å²) in [7, 11) is -3.36. The Hall–Kier alpha value is -1.60. The Labute approximate surface area is 113 Å². The van der Waals surface area contributed by atoms with E-state index in [2.05, 4.69) is 9.88 Å². The van der Waals surface area contributed by atoms with E-state index in [-0.39, 0.29) is 24.1 Å². The zero-order valence-corrected chi connectivity index (χ0v) is 11.6. The number of rotatable bonds is 7. The lowest BCUT2D eigenvalue weighted by molar-refractivity contribution is 0.314. The Morgan fingerprint density at radius 2 is 2.05 bits per heavy atom. The zero-order chi connectivity index (χ0) is 14.3. The molecule has 1 aromatic carbocycles. The van der Waals surface area contributed by atoms with E-state index in [4.69, 9.17) is 10.9 Å². The molecule has 0 aliphatic heterocycles. The third-order valence-electron chi connectivity index (χ3n) is 2.73. The number of nitrogens with one attached hydrogen (secondary N) is 1. The van der Waals surface area contributed by atoms with Crippen LogP contribution in [0.5, 0.6) is 0 Å². The molecule has 1 aromatic rings. The molecule has 0 saturated heterocycles. The van der Waals surface area contributed by atoms with Crippen LogP contribution < -0.4 is 10.5 Å².